The second kappa shape index (κ2) is 3.37. The molecule has 0 amide bonds. The number of imidazole rings is 1. The number of rotatable bonds is 1. The first-order chi connectivity index (χ1) is 6.93. The molecule has 1 atom stereocenters. The molecule has 1 unspecified atom stereocenters. The van der Waals surface area contributed by atoms with E-state index in [1.807, 2.05) is 0 Å². The molecule has 4 heteroatoms. The van der Waals surface area contributed by atoms with Gasteiger partial charge < -0.3 is 14.6 Å². The van der Waals surface area contributed by atoms with Crippen LogP contribution in [0.15, 0.2) is 6.20 Å². The highest BCUT2D eigenvalue weighted by molar-refractivity contribution is 5.12. The SMILES string of the molecule is c1c(C2CCOC2)nc2n1CCNC2. The van der Waals surface area contributed by atoms with Crippen LogP contribution < -0.4 is 5.32 Å². The molecule has 1 saturated heterocycles. The van der Waals surface area contributed by atoms with Crippen LogP contribution in [0.1, 0.15) is 23.9 Å². The molecule has 0 radical (unpaired) electrons. The van der Waals surface area contributed by atoms with Gasteiger partial charge in [-0.25, -0.2) is 4.98 Å². The van der Waals surface area contributed by atoms with Gasteiger partial charge >= 0.3 is 0 Å². The van der Waals surface area contributed by atoms with Gasteiger partial charge in [0, 0.05) is 31.8 Å². The van der Waals surface area contributed by atoms with Crippen LogP contribution in [0.3, 0.4) is 0 Å². The van der Waals surface area contributed by atoms with Crippen molar-refractivity contribution in [2.45, 2.75) is 25.4 Å². The molecular formula is C10H15N3O. The molecular weight excluding hydrogens is 178 g/mol. The summed E-state index contributed by atoms with van der Waals surface area (Å²) in [6.07, 6.45) is 3.33. The smallest absolute Gasteiger partial charge is 0.123 e. The van der Waals surface area contributed by atoms with Gasteiger partial charge in [-0.1, -0.05) is 0 Å². The summed E-state index contributed by atoms with van der Waals surface area (Å²) in [5, 5.41) is 3.33. The van der Waals surface area contributed by atoms with Gasteiger partial charge in [0.05, 0.1) is 18.8 Å². The van der Waals surface area contributed by atoms with Crippen LogP contribution in [0, 0.1) is 0 Å². The Hall–Kier alpha value is -0.870. The molecule has 4 nitrogen and oxygen atoms in total. The van der Waals surface area contributed by atoms with Gasteiger partial charge in [-0.3, -0.25) is 0 Å². The lowest BCUT2D eigenvalue weighted by atomic mass is 10.1. The highest BCUT2D eigenvalue weighted by atomic mass is 16.5. The zero-order chi connectivity index (χ0) is 9.38. The zero-order valence-corrected chi connectivity index (χ0v) is 8.20. The average molecular weight is 193 g/mol. The minimum Gasteiger partial charge on any atom is -0.381 e. The van der Waals surface area contributed by atoms with Crippen molar-refractivity contribution in [1.29, 1.82) is 0 Å². The number of hydrogen-bond donors (Lipinski definition) is 1. The first kappa shape index (κ1) is 8.44. The Morgan fingerprint density at radius 1 is 1.57 bits per heavy atom. The molecule has 1 fully saturated rings. The van der Waals surface area contributed by atoms with Crippen LogP contribution in [0.4, 0.5) is 0 Å². The third-order valence-corrected chi connectivity index (χ3v) is 3.04. The summed E-state index contributed by atoms with van der Waals surface area (Å²) in [5.41, 5.74) is 1.22. The zero-order valence-electron chi connectivity index (χ0n) is 8.20. The van der Waals surface area contributed by atoms with E-state index in [1.165, 1.54) is 11.5 Å². The van der Waals surface area contributed by atoms with E-state index in [4.69, 9.17) is 4.74 Å². The monoisotopic (exact) mass is 193 g/mol. The Bertz CT molecular complexity index is 305. The largest absolute Gasteiger partial charge is 0.381 e. The van der Waals surface area contributed by atoms with E-state index in [-0.39, 0.29) is 0 Å². The van der Waals surface area contributed by atoms with E-state index in [9.17, 15) is 0 Å². The fraction of sp³-hybridized carbons (Fsp3) is 0.700. The van der Waals surface area contributed by atoms with Crippen LogP contribution in [0.25, 0.3) is 0 Å². The fourth-order valence-electron chi connectivity index (χ4n) is 2.18. The average Bonchev–Trinajstić information content (AvgIpc) is 2.86. The van der Waals surface area contributed by atoms with Crippen LogP contribution in [-0.2, 0) is 17.8 Å². The lowest BCUT2D eigenvalue weighted by Crippen LogP contribution is -2.27. The number of hydrogen-bond acceptors (Lipinski definition) is 3. The Morgan fingerprint density at radius 3 is 3.36 bits per heavy atom. The van der Waals surface area contributed by atoms with E-state index in [0.717, 1.165) is 39.3 Å². The first-order valence-electron chi connectivity index (χ1n) is 5.28. The molecule has 2 aliphatic rings. The minimum atomic E-state index is 0.535. The molecule has 0 saturated carbocycles. The first-order valence-corrected chi connectivity index (χ1v) is 5.28. The van der Waals surface area contributed by atoms with Crippen molar-refractivity contribution >= 4 is 0 Å². The quantitative estimate of drug-likeness (QED) is 0.705. The summed E-state index contributed by atoms with van der Waals surface area (Å²) < 4.78 is 7.65. The highest BCUT2D eigenvalue weighted by Gasteiger charge is 2.22. The van der Waals surface area contributed by atoms with Crippen molar-refractivity contribution in [1.82, 2.24) is 14.9 Å². The van der Waals surface area contributed by atoms with Gasteiger partial charge in [0.2, 0.25) is 0 Å². The number of nitrogens with one attached hydrogen (secondary N) is 1. The van der Waals surface area contributed by atoms with E-state index < -0.39 is 0 Å². The van der Waals surface area contributed by atoms with Crippen molar-refractivity contribution in [3.63, 3.8) is 0 Å². The molecule has 76 valence electrons. The summed E-state index contributed by atoms with van der Waals surface area (Å²) in [6, 6.07) is 0. The minimum absolute atomic E-state index is 0.535. The molecule has 0 aromatic carbocycles. The molecule has 14 heavy (non-hydrogen) atoms. The number of aromatic nitrogens is 2. The van der Waals surface area contributed by atoms with Gasteiger partial charge in [-0.2, -0.15) is 0 Å². The van der Waals surface area contributed by atoms with Crippen LogP contribution >= 0.6 is 0 Å². The predicted molar refractivity (Wildman–Crippen MR) is 52.1 cm³/mol. The van der Waals surface area contributed by atoms with Gasteiger partial charge in [0.1, 0.15) is 5.82 Å². The number of ether oxygens (including phenoxy) is 1. The summed E-state index contributed by atoms with van der Waals surface area (Å²) in [6.45, 7) is 4.77. The molecule has 1 N–H and O–H groups in total. The Balaban J connectivity index is 1.87. The van der Waals surface area contributed by atoms with Crippen molar-refractivity contribution in [2.75, 3.05) is 19.8 Å². The normalized spacial score (nSPS) is 26.4. The summed E-state index contributed by atoms with van der Waals surface area (Å²) in [7, 11) is 0. The molecule has 0 aliphatic carbocycles. The predicted octanol–water partition coefficient (Wildman–Crippen LogP) is 0.490. The van der Waals surface area contributed by atoms with Crippen molar-refractivity contribution in [3.05, 3.63) is 17.7 Å². The topological polar surface area (TPSA) is 39.1 Å². The Kier molecular flexibility index (Phi) is 2.03. The van der Waals surface area contributed by atoms with E-state index in [2.05, 4.69) is 21.1 Å². The molecule has 0 spiro atoms. The maximum Gasteiger partial charge on any atom is 0.123 e. The molecule has 2 aliphatic heterocycles. The summed E-state index contributed by atoms with van der Waals surface area (Å²) in [5.74, 6) is 1.71. The maximum absolute atomic E-state index is 5.38. The van der Waals surface area contributed by atoms with E-state index in [0.29, 0.717) is 5.92 Å². The standard InChI is InChI=1S/C10H15N3O/c1-4-14-7-8(1)9-6-13-3-2-11-5-10(13)12-9/h6,8,11H,1-5,7H2. The highest BCUT2D eigenvalue weighted by Crippen LogP contribution is 2.24. The second-order valence-corrected chi connectivity index (χ2v) is 4.01. The molecule has 0 bridgehead atoms. The fourth-order valence-corrected chi connectivity index (χ4v) is 2.18. The Morgan fingerprint density at radius 2 is 2.57 bits per heavy atom. The van der Waals surface area contributed by atoms with Gasteiger partial charge in [0.25, 0.3) is 0 Å². The van der Waals surface area contributed by atoms with E-state index in [1.54, 1.807) is 0 Å². The van der Waals surface area contributed by atoms with Crippen LogP contribution in [0.5, 0.6) is 0 Å². The maximum atomic E-state index is 5.38. The lowest BCUT2D eigenvalue weighted by Gasteiger charge is -2.13. The van der Waals surface area contributed by atoms with Crippen LogP contribution in [0.2, 0.25) is 0 Å². The lowest BCUT2D eigenvalue weighted by molar-refractivity contribution is 0.193. The number of fused-ring (bicyclic) bond motifs is 1. The summed E-state index contributed by atoms with van der Waals surface area (Å²) in [4.78, 5) is 4.65. The second-order valence-electron chi connectivity index (χ2n) is 4.01. The van der Waals surface area contributed by atoms with Crippen molar-refractivity contribution in [3.8, 4) is 0 Å². The Labute approximate surface area is 83.3 Å². The van der Waals surface area contributed by atoms with Crippen LogP contribution in [-0.4, -0.2) is 29.3 Å². The summed E-state index contributed by atoms with van der Waals surface area (Å²) >= 11 is 0. The molecule has 1 aromatic rings. The van der Waals surface area contributed by atoms with Gasteiger partial charge in [-0.05, 0) is 6.42 Å². The van der Waals surface area contributed by atoms with Gasteiger partial charge in [0.15, 0.2) is 0 Å². The van der Waals surface area contributed by atoms with Crippen molar-refractivity contribution < 1.29 is 4.74 Å². The molecule has 3 heterocycles. The third kappa shape index (κ3) is 1.35. The van der Waals surface area contributed by atoms with Crippen molar-refractivity contribution in [2.24, 2.45) is 0 Å². The molecule has 3 rings (SSSR count). The molecule has 1 aromatic heterocycles. The van der Waals surface area contributed by atoms with E-state index >= 15 is 0 Å². The third-order valence-electron chi connectivity index (χ3n) is 3.04. The number of nitrogens with zero attached hydrogens (tertiary/aromatic N) is 2. The van der Waals surface area contributed by atoms with Gasteiger partial charge in [-0.15, -0.1) is 0 Å².